The van der Waals surface area contributed by atoms with Crippen LogP contribution in [0.3, 0.4) is 0 Å². The van der Waals surface area contributed by atoms with Crippen molar-refractivity contribution >= 4 is 23.9 Å². The van der Waals surface area contributed by atoms with E-state index in [1.807, 2.05) is 0 Å². The van der Waals surface area contributed by atoms with Crippen LogP contribution in [0.1, 0.15) is 39.0 Å². The number of nitrogens with zero attached hydrogens (tertiary/aromatic N) is 6. The molecular formula is C23H22N8O6. The Balaban J connectivity index is 1.48. The summed E-state index contributed by atoms with van der Waals surface area (Å²) in [7, 11) is 1.51. The van der Waals surface area contributed by atoms with E-state index in [0.29, 0.717) is 34.9 Å². The van der Waals surface area contributed by atoms with E-state index in [9.17, 15) is 9.59 Å². The van der Waals surface area contributed by atoms with Gasteiger partial charge in [0, 0.05) is 0 Å². The smallest absolute Gasteiger partial charge is 0.343 e. The summed E-state index contributed by atoms with van der Waals surface area (Å²) in [5, 5.41) is 18.8. The highest BCUT2D eigenvalue weighted by Crippen LogP contribution is 2.29. The number of aromatic nitrogens is 5. The first-order valence-electron chi connectivity index (χ1n) is 10.9. The number of benzene rings is 2. The molecule has 0 aliphatic rings. The zero-order valence-electron chi connectivity index (χ0n) is 20.0. The third-order valence-corrected chi connectivity index (χ3v) is 4.91. The molecule has 0 atom stereocenters. The molecule has 14 nitrogen and oxygen atoms in total. The molecule has 3 N–H and O–H groups in total. The number of carbonyl (C=O) groups is 2. The first-order chi connectivity index (χ1) is 17.9. The summed E-state index contributed by atoms with van der Waals surface area (Å²) in [4.78, 5) is 25.3. The zero-order chi connectivity index (χ0) is 26.4. The number of nitrogens with two attached hydrogens (primary N) is 1. The molecule has 0 unspecified atom stereocenters. The molecule has 0 spiro atoms. The summed E-state index contributed by atoms with van der Waals surface area (Å²) < 4.78 is 22.0. The first-order valence-corrected chi connectivity index (χ1v) is 10.9. The van der Waals surface area contributed by atoms with Gasteiger partial charge in [-0.05, 0) is 66.1 Å². The largest absolute Gasteiger partial charge is 0.497 e. The van der Waals surface area contributed by atoms with Crippen molar-refractivity contribution in [1.82, 2.24) is 30.7 Å². The van der Waals surface area contributed by atoms with Gasteiger partial charge in [-0.3, -0.25) is 4.79 Å². The highest BCUT2D eigenvalue weighted by atomic mass is 16.6. The lowest BCUT2D eigenvalue weighted by atomic mass is 10.2. The van der Waals surface area contributed by atoms with Crippen molar-refractivity contribution in [1.29, 1.82) is 0 Å². The third-order valence-electron chi connectivity index (χ3n) is 4.91. The molecule has 2 heterocycles. The van der Waals surface area contributed by atoms with Crippen molar-refractivity contribution in [2.75, 3.05) is 19.5 Å². The SMILES string of the molecule is CCOc1cc(/C=N\NC(=O)c2c(C)nnn2-c2nonc2N)ccc1OC(=O)c1cccc(OC)c1. The lowest BCUT2D eigenvalue weighted by Gasteiger charge is -2.11. The van der Waals surface area contributed by atoms with Crippen molar-refractivity contribution in [3.63, 3.8) is 0 Å². The monoisotopic (exact) mass is 506 g/mol. The molecule has 2 aromatic carbocycles. The van der Waals surface area contributed by atoms with Crippen LogP contribution >= 0.6 is 0 Å². The predicted octanol–water partition coefficient (Wildman–Crippen LogP) is 1.93. The van der Waals surface area contributed by atoms with E-state index >= 15 is 0 Å². The molecule has 0 saturated heterocycles. The van der Waals surface area contributed by atoms with Gasteiger partial charge in [0.1, 0.15) is 5.75 Å². The molecule has 4 aromatic rings. The number of ether oxygens (including phenoxy) is 3. The van der Waals surface area contributed by atoms with Crippen molar-refractivity contribution < 1.29 is 28.4 Å². The fourth-order valence-electron chi connectivity index (χ4n) is 3.19. The van der Waals surface area contributed by atoms with E-state index in [4.69, 9.17) is 19.9 Å². The number of nitrogens with one attached hydrogen (secondary N) is 1. The average Bonchev–Trinajstić information content (AvgIpc) is 3.50. The van der Waals surface area contributed by atoms with Gasteiger partial charge in [0.15, 0.2) is 17.2 Å². The molecule has 0 fully saturated rings. The second-order valence-corrected chi connectivity index (χ2v) is 7.37. The lowest BCUT2D eigenvalue weighted by Crippen LogP contribution is -2.22. The van der Waals surface area contributed by atoms with E-state index in [1.165, 1.54) is 13.3 Å². The van der Waals surface area contributed by atoms with Gasteiger partial charge in [0.25, 0.3) is 5.91 Å². The predicted molar refractivity (Wildman–Crippen MR) is 129 cm³/mol. The summed E-state index contributed by atoms with van der Waals surface area (Å²) in [5.41, 5.74) is 9.34. The summed E-state index contributed by atoms with van der Waals surface area (Å²) >= 11 is 0. The van der Waals surface area contributed by atoms with Crippen molar-refractivity contribution in [2.45, 2.75) is 13.8 Å². The van der Waals surface area contributed by atoms with E-state index in [2.05, 4.69) is 35.8 Å². The van der Waals surface area contributed by atoms with E-state index in [-0.39, 0.29) is 23.1 Å². The van der Waals surface area contributed by atoms with Crippen LogP contribution in [0.25, 0.3) is 5.82 Å². The Hall–Kier alpha value is -5.27. The maximum Gasteiger partial charge on any atom is 0.343 e. The van der Waals surface area contributed by atoms with Gasteiger partial charge >= 0.3 is 5.97 Å². The van der Waals surface area contributed by atoms with Crippen LogP contribution in [-0.4, -0.2) is 57.1 Å². The van der Waals surface area contributed by atoms with Crippen LogP contribution in [0.5, 0.6) is 17.2 Å². The molecule has 190 valence electrons. The zero-order valence-corrected chi connectivity index (χ0v) is 20.0. The van der Waals surface area contributed by atoms with Gasteiger partial charge < -0.3 is 19.9 Å². The van der Waals surface area contributed by atoms with Gasteiger partial charge in [0.05, 0.1) is 31.2 Å². The minimum absolute atomic E-state index is 0.0233. The number of hydrogen-bond acceptors (Lipinski definition) is 12. The van der Waals surface area contributed by atoms with Crippen LogP contribution in [0.2, 0.25) is 0 Å². The van der Waals surface area contributed by atoms with Crippen LogP contribution in [0, 0.1) is 6.92 Å². The fraction of sp³-hybridized carbons (Fsp3) is 0.174. The van der Waals surface area contributed by atoms with E-state index in [0.717, 1.165) is 4.68 Å². The molecule has 4 rings (SSSR count). The van der Waals surface area contributed by atoms with Crippen molar-refractivity contribution in [3.05, 3.63) is 65.0 Å². The number of esters is 1. The fourth-order valence-corrected chi connectivity index (χ4v) is 3.19. The summed E-state index contributed by atoms with van der Waals surface area (Å²) in [6, 6.07) is 11.4. The molecule has 0 bridgehead atoms. The summed E-state index contributed by atoms with van der Waals surface area (Å²) in [6.07, 6.45) is 1.39. The standard InChI is InChI=1S/C23H22N8O6/c1-4-35-18-10-14(8-9-17(18)36-23(33)15-6-5-7-16(11-15)34-3)12-25-27-22(32)19-13(2)26-30-31(19)21-20(24)28-37-29-21/h5-12H,4H2,1-3H3,(H2,24,28)(H,27,32)/b25-12-. The topological polar surface area (TPSA) is 182 Å². The van der Waals surface area contributed by atoms with Gasteiger partial charge in [-0.25, -0.2) is 14.8 Å². The maximum absolute atomic E-state index is 12.7. The number of hydrogen-bond donors (Lipinski definition) is 2. The van der Waals surface area contributed by atoms with Crippen molar-refractivity contribution in [3.8, 4) is 23.1 Å². The van der Waals surface area contributed by atoms with Crippen molar-refractivity contribution in [2.24, 2.45) is 5.10 Å². The van der Waals surface area contributed by atoms with E-state index in [1.54, 1.807) is 56.3 Å². The Labute approximate surface area is 210 Å². The summed E-state index contributed by atoms with van der Waals surface area (Å²) in [6.45, 7) is 3.72. The Bertz CT molecular complexity index is 1460. The Morgan fingerprint density at radius 1 is 1.19 bits per heavy atom. The lowest BCUT2D eigenvalue weighted by molar-refractivity contribution is 0.0727. The number of hydrazone groups is 1. The van der Waals surface area contributed by atoms with Crippen LogP contribution in [-0.2, 0) is 0 Å². The van der Waals surface area contributed by atoms with E-state index < -0.39 is 11.9 Å². The minimum Gasteiger partial charge on any atom is -0.497 e. The normalized spacial score (nSPS) is 10.9. The Morgan fingerprint density at radius 2 is 2.03 bits per heavy atom. The second-order valence-electron chi connectivity index (χ2n) is 7.37. The molecule has 2 aromatic heterocycles. The second kappa shape index (κ2) is 11.0. The van der Waals surface area contributed by atoms with Crippen LogP contribution in [0.15, 0.2) is 52.2 Å². The number of aryl methyl sites for hydroxylation is 1. The number of nitrogen functional groups attached to an aromatic ring is 1. The highest BCUT2D eigenvalue weighted by Gasteiger charge is 2.22. The maximum atomic E-state index is 12.7. The quantitative estimate of drug-likeness (QED) is 0.146. The molecule has 14 heteroatoms. The number of anilines is 1. The van der Waals surface area contributed by atoms with Gasteiger partial charge in [0.2, 0.25) is 11.6 Å². The molecule has 37 heavy (non-hydrogen) atoms. The van der Waals surface area contributed by atoms with Crippen LogP contribution in [0.4, 0.5) is 5.82 Å². The molecule has 0 radical (unpaired) electrons. The average molecular weight is 506 g/mol. The first kappa shape index (κ1) is 24.8. The number of amides is 1. The third kappa shape index (κ3) is 5.53. The number of carbonyl (C=O) groups excluding carboxylic acids is 2. The highest BCUT2D eigenvalue weighted by molar-refractivity contribution is 5.95. The number of rotatable bonds is 9. The Kier molecular flexibility index (Phi) is 7.37. The van der Waals surface area contributed by atoms with Gasteiger partial charge in [-0.15, -0.1) is 5.10 Å². The molecule has 1 amide bonds. The molecule has 0 aliphatic carbocycles. The minimum atomic E-state index is -0.616. The molecular weight excluding hydrogens is 484 g/mol. The molecule has 0 aliphatic heterocycles. The van der Waals surface area contributed by atoms with Gasteiger partial charge in [-0.1, -0.05) is 11.3 Å². The molecule has 0 saturated carbocycles. The summed E-state index contributed by atoms with van der Waals surface area (Å²) in [5.74, 6) is -0.148. The van der Waals surface area contributed by atoms with Gasteiger partial charge in [-0.2, -0.15) is 9.78 Å². The number of methoxy groups -OCH3 is 1. The Morgan fingerprint density at radius 3 is 2.76 bits per heavy atom. The van der Waals surface area contributed by atoms with Crippen LogP contribution < -0.4 is 25.4 Å².